The Labute approximate surface area is 242 Å². The smallest absolute Gasteiger partial charge is 0.254 e. The summed E-state index contributed by atoms with van der Waals surface area (Å²) in [6.07, 6.45) is 11.7. The highest BCUT2D eigenvalue weighted by molar-refractivity contribution is 5.98. The van der Waals surface area contributed by atoms with Crippen LogP contribution in [0.1, 0.15) is 100 Å². The summed E-state index contributed by atoms with van der Waals surface area (Å²) in [5.41, 5.74) is 10.8. The largest absolute Gasteiger partial charge is 0.342 e. The Hall–Kier alpha value is -2.48. The van der Waals surface area contributed by atoms with E-state index < -0.39 is 0 Å². The zero-order valence-electron chi connectivity index (χ0n) is 25.7. The quantitative estimate of drug-likeness (QED) is 0.410. The molecule has 1 aromatic heterocycles. The van der Waals surface area contributed by atoms with E-state index in [1.165, 1.54) is 63.4 Å². The van der Waals surface area contributed by atoms with Crippen molar-refractivity contribution in [1.29, 1.82) is 0 Å². The molecule has 0 bridgehead atoms. The zero-order chi connectivity index (χ0) is 28.6. The van der Waals surface area contributed by atoms with E-state index in [0.29, 0.717) is 19.1 Å². The molecular formula is C33H52N6O. The summed E-state index contributed by atoms with van der Waals surface area (Å²) < 4.78 is 0. The van der Waals surface area contributed by atoms with Gasteiger partial charge >= 0.3 is 0 Å². The van der Waals surface area contributed by atoms with Gasteiger partial charge in [0.2, 0.25) is 0 Å². The number of hydrazine groups is 1. The monoisotopic (exact) mass is 548 g/mol. The first kappa shape index (κ1) is 30.5. The molecule has 4 rings (SSSR count). The highest BCUT2D eigenvalue weighted by Gasteiger charge is 2.38. The number of likely N-dealkylation sites (N-methyl/N-ethyl adjacent to an activating group) is 1. The number of pyridine rings is 1. The number of carbonyl (C=O) groups excluding carboxylic acids is 1. The van der Waals surface area contributed by atoms with Gasteiger partial charge in [-0.1, -0.05) is 63.1 Å². The Morgan fingerprint density at radius 1 is 1.05 bits per heavy atom. The van der Waals surface area contributed by atoms with Crippen molar-refractivity contribution in [2.24, 2.45) is 5.73 Å². The molecule has 2 aromatic rings. The topological polar surface area (TPSA) is 68.9 Å². The van der Waals surface area contributed by atoms with Gasteiger partial charge in [-0.3, -0.25) is 9.80 Å². The van der Waals surface area contributed by atoms with E-state index >= 15 is 0 Å². The molecule has 1 aliphatic carbocycles. The first-order chi connectivity index (χ1) is 19.3. The van der Waals surface area contributed by atoms with Crippen molar-refractivity contribution in [3.63, 3.8) is 0 Å². The molecular weight excluding hydrogens is 496 g/mol. The highest BCUT2D eigenvalue weighted by Crippen LogP contribution is 2.39. The first-order valence-electron chi connectivity index (χ1n) is 15.7. The Balaban J connectivity index is 1.75. The fourth-order valence-electron chi connectivity index (χ4n) is 6.32. The van der Waals surface area contributed by atoms with Crippen LogP contribution in [-0.2, 0) is 13.1 Å². The first-order valence-corrected chi connectivity index (χ1v) is 15.7. The van der Waals surface area contributed by atoms with Gasteiger partial charge in [0.05, 0.1) is 5.69 Å². The van der Waals surface area contributed by atoms with E-state index in [9.17, 15) is 4.79 Å². The Bertz CT molecular complexity index is 1110. The second kappa shape index (κ2) is 14.4. The Morgan fingerprint density at radius 3 is 2.35 bits per heavy atom. The number of hydrogen-bond acceptors (Lipinski definition) is 6. The van der Waals surface area contributed by atoms with Crippen LogP contribution in [0.3, 0.4) is 0 Å². The van der Waals surface area contributed by atoms with Crippen LogP contribution in [0.4, 0.5) is 5.82 Å². The van der Waals surface area contributed by atoms with Gasteiger partial charge in [-0.2, -0.15) is 0 Å². The SMILES string of the molecule is CCN(C)C(=O)c1cc(-c2cccc(CN(C)CCN)c2)nc2c1CN(C1CCCCCCCCC1)N2C(C)C. The fraction of sp³-hybridized carbons (Fsp3) is 0.636. The van der Waals surface area contributed by atoms with E-state index in [1.54, 1.807) is 0 Å². The van der Waals surface area contributed by atoms with E-state index in [-0.39, 0.29) is 11.9 Å². The molecule has 0 unspecified atom stereocenters. The number of carbonyl (C=O) groups is 1. The summed E-state index contributed by atoms with van der Waals surface area (Å²) in [7, 11) is 4.00. The van der Waals surface area contributed by atoms with Crippen molar-refractivity contribution in [2.75, 3.05) is 38.7 Å². The lowest BCUT2D eigenvalue weighted by Crippen LogP contribution is -2.48. The van der Waals surface area contributed by atoms with E-state index in [2.05, 4.69) is 60.1 Å². The average molecular weight is 549 g/mol. The number of aromatic nitrogens is 1. The number of fused-ring (bicyclic) bond motifs is 1. The zero-order valence-corrected chi connectivity index (χ0v) is 25.7. The standard InChI is InChI=1S/C33H52N6O/c1-6-37(5)33(40)29-22-31(27-16-14-15-26(21-27)23-36(4)20-19-34)35-32-30(29)24-38(39(32)25(2)3)28-17-12-10-8-7-9-11-13-18-28/h14-16,21-22,25,28H,6-13,17-20,23-24,34H2,1-5H3. The van der Waals surface area contributed by atoms with E-state index in [0.717, 1.165) is 47.8 Å². The molecule has 0 atom stereocenters. The number of nitrogens with two attached hydrogens (primary N) is 1. The van der Waals surface area contributed by atoms with Crippen LogP contribution in [0, 0.1) is 0 Å². The van der Waals surface area contributed by atoms with Gasteiger partial charge in [-0.25, -0.2) is 9.99 Å². The fourth-order valence-corrected chi connectivity index (χ4v) is 6.32. The highest BCUT2D eigenvalue weighted by atomic mass is 16.2. The van der Waals surface area contributed by atoms with Crippen LogP contribution >= 0.6 is 0 Å². The van der Waals surface area contributed by atoms with Crippen molar-refractivity contribution in [3.8, 4) is 11.3 Å². The van der Waals surface area contributed by atoms with Crippen LogP contribution in [0.2, 0.25) is 0 Å². The van der Waals surface area contributed by atoms with Crippen LogP contribution in [0.25, 0.3) is 11.3 Å². The number of anilines is 1. The summed E-state index contributed by atoms with van der Waals surface area (Å²) in [4.78, 5) is 23.2. The predicted octanol–water partition coefficient (Wildman–Crippen LogP) is 6.07. The van der Waals surface area contributed by atoms with Crippen molar-refractivity contribution in [3.05, 3.63) is 47.0 Å². The van der Waals surface area contributed by atoms with Gasteiger partial charge in [-0.05, 0) is 58.4 Å². The van der Waals surface area contributed by atoms with Crippen molar-refractivity contribution in [1.82, 2.24) is 19.8 Å². The van der Waals surface area contributed by atoms with Crippen molar-refractivity contribution < 1.29 is 4.79 Å². The summed E-state index contributed by atoms with van der Waals surface area (Å²) in [5, 5.41) is 4.98. The van der Waals surface area contributed by atoms with E-state index in [4.69, 9.17) is 10.7 Å². The van der Waals surface area contributed by atoms with Crippen LogP contribution in [-0.4, -0.2) is 71.5 Å². The van der Waals surface area contributed by atoms with Gasteiger partial charge in [-0.15, -0.1) is 0 Å². The Morgan fingerprint density at radius 2 is 1.73 bits per heavy atom. The maximum atomic E-state index is 13.8. The lowest BCUT2D eigenvalue weighted by Gasteiger charge is -2.39. The molecule has 1 fully saturated rings. The van der Waals surface area contributed by atoms with Crippen molar-refractivity contribution >= 4 is 11.7 Å². The predicted molar refractivity (Wildman–Crippen MR) is 166 cm³/mol. The molecule has 1 aromatic carbocycles. The second-order valence-electron chi connectivity index (χ2n) is 12.1. The maximum absolute atomic E-state index is 13.8. The number of benzene rings is 1. The maximum Gasteiger partial charge on any atom is 0.254 e. The minimum Gasteiger partial charge on any atom is -0.342 e. The van der Waals surface area contributed by atoms with Crippen LogP contribution in [0.5, 0.6) is 0 Å². The lowest BCUT2D eigenvalue weighted by molar-refractivity contribution is 0.0800. The van der Waals surface area contributed by atoms with Gasteiger partial charge in [0.1, 0.15) is 5.82 Å². The van der Waals surface area contributed by atoms with Crippen LogP contribution in [0.15, 0.2) is 30.3 Å². The second-order valence-corrected chi connectivity index (χ2v) is 12.1. The molecule has 2 aliphatic rings. The molecule has 0 spiro atoms. The summed E-state index contributed by atoms with van der Waals surface area (Å²) in [6.45, 7) is 10.3. The lowest BCUT2D eigenvalue weighted by atomic mass is 9.97. The molecule has 40 heavy (non-hydrogen) atoms. The molecule has 220 valence electrons. The molecule has 2 N–H and O–H groups in total. The Kier molecular flexibility index (Phi) is 11.0. The molecule has 0 saturated heterocycles. The number of rotatable bonds is 9. The molecule has 7 nitrogen and oxygen atoms in total. The molecule has 0 radical (unpaired) electrons. The number of amides is 1. The van der Waals surface area contributed by atoms with Gasteiger partial charge < -0.3 is 15.5 Å². The third-order valence-electron chi connectivity index (χ3n) is 8.64. The van der Waals surface area contributed by atoms with Crippen LogP contribution < -0.4 is 10.7 Å². The van der Waals surface area contributed by atoms with Gasteiger partial charge in [0.25, 0.3) is 5.91 Å². The molecule has 1 aliphatic heterocycles. The van der Waals surface area contributed by atoms with Crippen molar-refractivity contribution in [2.45, 2.75) is 104 Å². The minimum atomic E-state index is 0.0812. The van der Waals surface area contributed by atoms with Gasteiger partial charge in [0, 0.05) is 68.5 Å². The summed E-state index contributed by atoms with van der Waals surface area (Å²) >= 11 is 0. The normalized spacial score (nSPS) is 17.4. The summed E-state index contributed by atoms with van der Waals surface area (Å²) in [5.74, 6) is 1.04. The molecule has 1 saturated carbocycles. The molecule has 2 heterocycles. The minimum absolute atomic E-state index is 0.0812. The molecule has 7 heteroatoms. The summed E-state index contributed by atoms with van der Waals surface area (Å²) in [6, 6.07) is 11.4. The number of nitrogens with zero attached hydrogens (tertiary/aromatic N) is 5. The molecule has 1 amide bonds. The number of hydrogen-bond donors (Lipinski definition) is 1. The van der Waals surface area contributed by atoms with Gasteiger partial charge in [0.15, 0.2) is 0 Å². The van der Waals surface area contributed by atoms with E-state index in [1.807, 2.05) is 24.9 Å². The average Bonchev–Trinajstić information content (AvgIpc) is 3.34. The third-order valence-corrected chi connectivity index (χ3v) is 8.64. The third kappa shape index (κ3) is 7.23.